The van der Waals surface area contributed by atoms with E-state index < -0.39 is 0 Å². The largest absolute Gasteiger partial charge is 0.453 e. The molecule has 2 aliphatic rings. The summed E-state index contributed by atoms with van der Waals surface area (Å²) in [5.74, 6) is 0.331. The lowest BCUT2D eigenvalue weighted by molar-refractivity contribution is 0.282. The highest BCUT2D eigenvalue weighted by Crippen LogP contribution is 2.29. The van der Waals surface area contributed by atoms with Crippen LogP contribution in [0.4, 0.5) is 5.69 Å². The van der Waals surface area contributed by atoms with Crippen molar-refractivity contribution in [1.29, 1.82) is 0 Å². The highest BCUT2D eigenvalue weighted by atomic mass is 16.3. The molecule has 3 rings (SSSR count). The third-order valence-electron chi connectivity index (χ3n) is 2.85. The van der Waals surface area contributed by atoms with Gasteiger partial charge in [-0.25, -0.2) is 4.98 Å². The quantitative estimate of drug-likeness (QED) is 0.497. The van der Waals surface area contributed by atoms with Gasteiger partial charge in [0.1, 0.15) is 11.2 Å². The maximum atomic E-state index is 11.6. The van der Waals surface area contributed by atoms with Crippen molar-refractivity contribution in [2.75, 3.05) is 5.73 Å². The summed E-state index contributed by atoms with van der Waals surface area (Å²) in [6, 6.07) is 8.51. The molecule has 0 unspecified atom stereocenters. The van der Waals surface area contributed by atoms with Crippen molar-refractivity contribution in [3.8, 4) is 11.5 Å². The van der Waals surface area contributed by atoms with Crippen molar-refractivity contribution in [3.63, 3.8) is 0 Å². The Morgan fingerprint density at radius 3 is 2.89 bits per heavy atom. The molecule has 1 aliphatic carbocycles. The Morgan fingerprint density at radius 1 is 1.33 bits per heavy atom. The molecule has 1 aliphatic heterocycles. The molecule has 1 aromatic carbocycles. The number of aliphatic hydroxyl groups excluding tert-OH is 1. The number of hydrogen-bond acceptors (Lipinski definition) is 5. The van der Waals surface area contributed by atoms with E-state index >= 15 is 0 Å². The van der Waals surface area contributed by atoms with Crippen LogP contribution >= 0.6 is 0 Å². The number of aromatic nitrogens is 1. The second-order valence-corrected chi connectivity index (χ2v) is 3.95. The lowest BCUT2D eigenvalue weighted by Crippen LogP contribution is -2.13. The number of para-hydroxylation sites is 2. The van der Waals surface area contributed by atoms with Crippen LogP contribution in [0.3, 0.4) is 0 Å². The first kappa shape index (κ1) is 10.7. The molecule has 3 N–H and O–H groups in total. The molecule has 5 nitrogen and oxygen atoms in total. The van der Waals surface area contributed by atoms with E-state index in [1.165, 1.54) is 6.07 Å². The zero-order chi connectivity index (χ0) is 12.7. The van der Waals surface area contributed by atoms with E-state index in [0.29, 0.717) is 28.1 Å². The van der Waals surface area contributed by atoms with Crippen LogP contribution in [0.5, 0.6) is 0 Å². The van der Waals surface area contributed by atoms with Gasteiger partial charge >= 0.3 is 0 Å². The maximum Gasteiger partial charge on any atom is 0.205 e. The minimum Gasteiger partial charge on any atom is -0.453 e. The van der Waals surface area contributed by atoms with Crippen LogP contribution in [-0.2, 0) is 6.61 Å². The average Bonchev–Trinajstić information content (AvgIpc) is 2.38. The topological polar surface area (TPSA) is 89.3 Å². The fourth-order valence-corrected chi connectivity index (χ4v) is 1.93. The van der Waals surface area contributed by atoms with E-state index in [1.54, 1.807) is 12.1 Å². The fourth-order valence-electron chi connectivity index (χ4n) is 1.93. The Bertz CT molecular complexity index is 764. The third kappa shape index (κ3) is 1.45. The normalized spacial score (nSPS) is 11.2. The first-order valence-corrected chi connectivity index (χ1v) is 5.42. The molecule has 1 aromatic rings. The van der Waals surface area contributed by atoms with Crippen molar-refractivity contribution in [2.24, 2.45) is 0 Å². The Hall–Kier alpha value is -2.40. The first-order chi connectivity index (χ1) is 8.70. The molecule has 0 amide bonds. The molecule has 0 aromatic heterocycles. The molecule has 1 heterocycles. The van der Waals surface area contributed by atoms with Crippen molar-refractivity contribution in [3.05, 3.63) is 46.1 Å². The van der Waals surface area contributed by atoms with Gasteiger partial charge in [0, 0.05) is 11.6 Å². The van der Waals surface area contributed by atoms with Crippen LogP contribution < -0.4 is 11.2 Å². The molecule has 18 heavy (non-hydrogen) atoms. The van der Waals surface area contributed by atoms with Gasteiger partial charge in [0.05, 0.1) is 12.3 Å². The minimum atomic E-state index is -0.368. The highest BCUT2D eigenvalue weighted by Gasteiger charge is 2.18. The number of fused-ring (bicyclic) bond motifs is 2. The van der Waals surface area contributed by atoms with E-state index in [0.717, 1.165) is 0 Å². The first-order valence-electron chi connectivity index (χ1n) is 5.42. The van der Waals surface area contributed by atoms with Crippen molar-refractivity contribution in [2.45, 2.75) is 6.61 Å². The number of nitrogen functional groups attached to an aromatic ring is 1. The zero-order valence-corrected chi connectivity index (χ0v) is 9.38. The smallest absolute Gasteiger partial charge is 0.205 e. The minimum absolute atomic E-state index is 0.0166. The molecule has 0 saturated carbocycles. The van der Waals surface area contributed by atoms with E-state index in [9.17, 15) is 9.90 Å². The summed E-state index contributed by atoms with van der Waals surface area (Å²) in [4.78, 5) is 16.0. The molecule has 90 valence electrons. The third-order valence-corrected chi connectivity index (χ3v) is 2.85. The van der Waals surface area contributed by atoms with Crippen LogP contribution in [0, 0.1) is 0 Å². The van der Waals surface area contributed by atoms with Crippen LogP contribution in [0.1, 0.15) is 5.56 Å². The summed E-state index contributed by atoms with van der Waals surface area (Å²) < 4.78 is 5.60. The molecule has 0 radical (unpaired) electrons. The number of aliphatic hydroxyl groups is 1. The van der Waals surface area contributed by atoms with Gasteiger partial charge in [-0.05, 0) is 12.1 Å². The van der Waals surface area contributed by atoms with Crippen LogP contribution in [0.25, 0.3) is 22.6 Å². The monoisotopic (exact) mass is 242 g/mol. The van der Waals surface area contributed by atoms with Crippen LogP contribution in [0.2, 0.25) is 0 Å². The van der Waals surface area contributed by atoms with E-state index in [2.05, 4.69) is 4.98 Å². The molecule has 0 atom stereocenters. The summed E-state index contributed by atoms with van der Waals surface area (Å²) in [6.45, 7) is -0.348. The molecule has 0 fully saturated rings. The van der Waals surface area contributed by atoms with Gasteiger partial charge in [-0.3, -0.25) is 4.79 Å². The Labute approximate surface area is 102 Å². The van der Waals surface area contributed by atoms with Gasteiger partial charge in [-0.2, -0.15) is 0 Å². The average molecular weight is 242 g/mol. The van der Waals surface area contributed by atoms with Crippen LogP contribution in [-0.4, -0.2) is 10.1 Å². The molecule has 5 heteroatoms. The van der Waals surface area contributed by atoms with Gasteiger partial charge < -0.3 is 15.3 Å². The SMILES string of the molecule is Nc1c(CO)c2nc3ccccc3oc-2cc1=O. The summed E-state index contributed by atoms with van der Waals surface area (Å²) in [6.07, 6.45) is 0. The van der Waals surface area contributed by atoms with Gasteiger partial charge in [0.15, 0.2) is 11.3 Å². The maximum absolute atomic E-state index is 11.6. The summed E-state index contributed by atoms with van der Waals surface area (Å²) in [7, 11) is 0. The molecule has 0 bridgehead atoms. The number of rotatable bonds is 1. The predicted molar refractivity (Wildman–Crippen MR) is 67.2 cm³/mol. The Kier molecular flexibility index (Phi) is 2.28. The van der Waals surface area contributed by atoms with Crippen molar-refractivity contribution >= 4 is 16.8 Å². The highest BCUT2D eigenvalue weighted by molar-refractivity contribution is 5.78. The predicted octanol–water partition coefficient (Wildman–Crippen LogP) is 1.37. The number of benzene rings is 2. The second kappa shape index (κ2) is 3.82. The second-order valence-electron chi connectivity index (χ2n) is 3.95. The Morgan fingerprint density at radius 2 is 2.11 bits per heavy atom. The molecular weight excluding hydrogens is 232 g/mol. The number of anilines is 1. The van der Waals surface area contributed by atoms with Gasteiger partial charge in [0.25, 0.3) is 0 Å². The molecule has 0 saturated heterocycles. The van der Waals surface area contributed by atoms with E-state index in [-0.39, 0.29) is 17.7 Å². The van der Waals surface area contributed by atoms with Crippen LogP contribution in [0.15, 0.2) is 39.5 Å². The number of nitrogens with zero attached hydrogens (tertiary/aromatic N) is 1. The summed E-state index contributed by atoms with van der Waals surface area (Å²) in [5, 5.41) is 9.31. The fraction of sp³-hybridized carbons (Fsp3) is 0.0769. The standard InChI is InChI=1S/C13H10N2O3/c14-12-7(6-16)13-11(5-9(12)17)18-10-4-2-1-3-8(10)15-13/h1-5,16H,6,14H2. The van der Waals surface area contributed by atoms with Gasteiger partial charge in [-0.1, -0.05) is 12.1 Å². The summed E-state index contributed by atoms with van der Waals surface area (Å²) in [5.41, 5.74) is 7.27. The molecule has 0 spiro atoms. The lowest BCUT2D eigenvalue weighted by atomic mass is 10.1. The zero-order valence-electron chi connectivity index (χ0n) is 9.38. The summed E-state index contributed by atoms with van der Waals surface area (Å²) >= 11 is 0. The van der Waals surface area contributed by atoms with Crippen molar-refractivity contribution in [1.82, 2.24) is 4.98 Å². The van der Waals surface area contributed by atoms with Crippen molar-refractivity contribution < 1.29 is 9.52 Å². The number of nitrogens with two attached hydrogens (primary N) is 1. The van der Waals surface area contributed by atoms with Gasteiger partial charge in [0.2, 0.25) is 5.43 Å². The van der Waals surface area contributed by atoms with Gasteiger partial charge in [-0.15, -0.1) is 0 Å². The lowest BCUT2D eigenvalue weighted by Gasteiger charge is -2.11. The number of hydrogen-bond donors (Lipinski definition) is 2. The van der Waals surface area contributed by atoms with E-state index in [4.69, 9.17) is 10.2 Å². The Balaban J connectivity index is 2.50. The van der Waals surface area contributed by atoms with E-state index in [1.807, 2.05) is 12.1 Å². The molecular formula is C13H10N2O3.